The molecule has 0 aliphatic carbocycles. The molecule has 10 heavy (non-hydrogen) atoms. The van der Waals surface area contributed by atoms with Crippen LogP contribution in [0.2, 0.25) is 0 Å². The van der Waals surface area contributed by atoms with E-state index in [4.69, 9.17) is 4.55 Å². The van der Waals surface area contributed by atoms with Crippen LogP contribution >= 0.6 is 21.4 Å². The van der Waals surface area contributed by atoms with E-state index in [0.29, 0.717) is 0 Å². The number of halogens is 2. The van der Waals surface area contributed by atoms with Gasteiger partial charge in [-0.25, -0.2) is 0 Å². The molecule has 0 saturated heterocycles. The van der Waals surface area contributed by atoms with Gasteiger partial charge in [0.25, 0.3) is 0 Å². The molecule has 0 fully saturated rings. The zero-order chi connectivity index (χ0) is 7.82. The Morgan fingerprint density at radius 2 is 0.900 bits per heavy atom. The van der Waals surface area contributed by atoms with Crippen LogP contribution in [0.3, 0.4) is 0 Å². The summed E-state index contributed by atoms with van der Waals surface area (Å²) in [7, 11) is 7.36. The predicted octanol–water partition coefficient (Wildman–Crippen LogP) is 2.73. The molecule has 56 valence electrons. The average Bonchev–Trinajstić information content (AvgIpc) is 1.90. The van der Waals surface area contributed by atoms with Gasteiger partial charge in [0.2, 0.25) is 0 Å². The summed E-state index contributed by atoms with van der Waals surface area (Å²) in [5.74, 6) is 0. The maximum atomic E-state index is 9.09. The summed E-state index contributed by atoms with van der Waals surface area (Å²) >= 11 is 0. The standard InChI is InChI=1S/C6H6.Cl2OS/c1-2-4-6-5-3-1;1-4(2)3/h1-6H;. The first kappa shape index (κ1) is 10.1. The van der Waals surface area contributed by atoms with Crippen LogP contribution in [-0.4, -0.2) is 4.55 Å². The minimum absolute atomic E-state index is 1.67. The van der Waals surface area contributed by atoms with E-state index in [2.05, 4.69) is 21.4 Å². The van der Waals surface area contributed by atoms with E-state index < -0.39 is 9.60 Å². The lowest BCUT2D eigenvalue weighted by Crippen LogP contribution is -1.63. The van der Waals surface area contributed by atoms with E-state index >= 15 is 0 Å². The fraction of sp³-hybridized carbons (Fsp3) is 0. The van der Waals surface area contributed by atoms with Crippen LogP contribution in [0.25, 0.3) is 0 Å². The molecular formula is C6H6Cl2OS. The molecule has 0 N–H and O–H groups in total. The summed E-state index contributed by atoms with van der Waals surface area (Å²) in [6.45, 7) is 0. The second-order valence-electron chi connectivity index (χ2n) is 1.34. The highest BCUT2D eigenvalue weighted by Gasteiger charge is 1.83. The lowest BCUT2D eigenvalue weighted by molar-refractivity contribution is 0.620. The molecule has 0 radical (unpaired) electrons. The Morgan fingerprint density at radius 3 is 1.00 bits per heavy atom. The Morgan fingerprint density at radius 1 is 0.800 bits per heavy atom. The molecule has 0 aromatic heterocycles. The fourth-order valence-electron chi connectivity index (χ4n) is 0.385. The smallest absolute Gasteiger partial charge is 0.198 e. The van der Waals surface area contributed by atoms with Gasteiger partial charge in [-0.15, -0.1) is 0 Å². The Labute approximate surface area is 72.1 Å². The highest BCUT2D eigenvalue weighted by atomic mass is 36.0. The number of hydrogen-bond donors (Lipinski definition) is 0. The fourth-order valence-corrected chi connectivity index (χ4v) is 0.385. The van der Waals surface area contributed by atoms with Crippen molar-refractivity contribution in [2.75, 3.05) is 0 Å². The van der Waals surface area contributed by atoms with Crippen LogP contribution in [0.1, 0.15) is 0 Å². The first-order valence-corrected chi connectivity index (χ1v) is 5.28. The van der Waals surface area contributed by atoms with E-state index in [1.54, 1.807) is 0 Å². The van der Waals surface area contributed by atoms with Gasteiger partial charge < -0.3 is 4.55 Å². The highest BCUT2D eigenvalue weighted by molar-refractivity contribution is 8.31. The van der Waals surface area contributed by atoms with Crippen molar-refractivity contribution in [3.8, 4) is 0 Å². The van der Waals surface area contributed by atoms with Crippen LogP contribution in [0, 0.1) is 0 Å². The summed E-state index contributed by atoms with van der Waals surface area (Å²) in [6.07, 6.45) is 0. The number of hydrogen-bond acceptors (Lipinski definition) is 1. The van der Waals surface area contributed by atoms with Crippen molar-refractivity contribution in [1.29, 1.82) is 0 Å². The Kier molecular flexibility index (Phi) is 7.30. The summed E-state index contributed by atoms with van der Waals surface area (Å²) in [6, 6.07) is 12.0. The Bertz CT molecular complexity index is 116. The lowest BCUT2D eigenvalue weighted by Gasteiger charge is -1.73. The van der Waals surface area contributed by atoms with Gasteiger partial charge in [-0.2, -0.15) is 0 Å². The van der Waals surface area contributed by atoms with Crippen LogP contribution in [0.15, 0.2) is 36.4 Å². The van der Waals surface area contributed by atoms with Crippen LogP contribution < -0.4 is 0 Å². The SMILES string of the molecule is [O-][S+](Cl)Cl.c1ccccc1. The van der Waals surface area contributed by atoms with Gasteiger partial charge in [0, 0.05) is 0 Å². The molecule has 1 aromatic carbocycles. The van der Waals surface area contributed by atoms with E-state index in [-0.39, 0.29) is 0 Å². The number of benzene rings is 1. The summed E-state index contributed by atoms with van der Waals surface area (Å²) in [4.78, 5) is 0. The van der Waals surface area contributed by atoms with Gasteiger partial charge in [-0.3, -0.25) is 0 Å². The van der Waals surface area contributed by atoms with Gasteiger partial charge in [0.15, 0.2) is 31.0 Å². The van der Waals surface area contributed by atoms with E-state index in [9.17, 15) is 0 Å². The third-order valence-corrected chi connectivity index (χ3v) is 0.667. The quantitative estimate of drug-likeness (QED) is 0.586. The first-order valence-electron chi connectivity index (χ1n) is 2.48. The van der Waals surface area contributed by atoms with Gasteiger partial charge in [-0.1, -0.05) is 36.4 Å². The zero-order valence-corrected chi connectivity index (χ0v) is 7.36. The van der Waals surface area contributed by atoms with E-state index in [1.165, 1.54) is 0 Å². The van der Waals surface area contributed by atoms with Crippen molar-refractivity contribution in [2.24, 2.45) is 0 Å². The average molecular weight is 197 g/mol. The predicted molar refractivity (Wildman–Crippen MR) is 46.3 cm³/mol. The minimum Gasteiger partial charge on any atom is -0.582 e. The summed E-state index contributed by atoms with van der Waals surface area (Å²) in [5, 5.41) is 0. The normalized spacial score (nSPS) is 8.40. The van der Waals surface area contributed by atoms with Gasteiger partial charge >= 0.3 is 0 Å². The molecule has 4 heteroatoms. The molecule has 0 bridgehead atoms. The molecule has 1 nitrogen and oxygen atoms in total. The molecule has 0 aliphatic heterocycles. The topological polar surface area (TPSA) is 23.1 Å². The molecule has 0 heterocycles. The molecule has 0 spiro atoms. The van der Waals surface area contributed by atoms with Crippen molar-refractivity contribution >= 4 is 31.0 Å². The van der Waals surface area contributed by atoms with E-state index in [0.717, 1.165) is 0 Å². The Balaban J connectivity index is 0.000000180. The summed E-state index contributed by atoms with van der Waals surface area (Å²) < 4.78 is 9.09. The maximum Gasteiger partial charge on any atom is 0.198 e. The molecule has 0 saturated carbocycles. The van der Waals surface area contributed by atoms with Crippen molar-refractivity contribution in [1.82, 2.24) is 0 Å². The van der Waals surface area contributed by atoms with Gasteiger partial charge in [0.1, 0.15) is 0 Å². The zero-order valence-electron chi connectivity index (χ0n) is 5.04. The second-order valence-corrected chi connectivity index (χ2v) is 3.86. The molecule has 0 amide bonds. The molecular weight excluding hydrogens is 191 g/mol. The molecule has 1 rings (SSSR count). The van der Waals surface area contributed by atoms with Crippen LogP contribution in [-0.2, 0) is 9.60 Å². The molecule has 0 atom stereocenters. The molecule has 1 aromatic rings. The molecule has 0 unspecified atom stereocenters. The monoisotopic (exact) mass is 196 g/mol. The van der Waals surface area contributed by atoms with Crippen molar-refractivity contribution in [2.45, 2.75) is 0 Å². The van der Waals surface area contributed by atoms with Crippen LogP contribution in [0.4, 0.5) is 0 Å². The second kappa shape index (κ2) is 7.22. The van der Waals surface area contributed by atoms with Crippen molar-refractivity contribution in [3.63, 3.8) is 0 Å². The van der Waals surface area contributed by atoms with Crippen molar-refractivity contribution in [3.05, 3.63) is 36.4 Å². The minimum atomic E-state index is -1.67. The van der Waals surface area contributed by atoms with Gasteiger partial charge in [0.05, 0.1) is 0 Å². The third kappa shape index (κ3) is 11.0. The summed E-state index contributed by atoms with van der Waals surface area (Å²) in [5.41, 5.74) is 0. The van der Waals surface area contributed by atoms with Crippen LogP contribution in [0.5, 0.6) is 0 Å². The Hall–Kier alpha value is 0.110. The first-order chi connectivity index (χ1) is 4.73. The van der Waals surface area contributed by atoms with E-state index in [1.807, 2.05) is 36.4 Å². The van der Waals surface area contributed by atoms with Gasteiger partial charge in [-0.05, 0) is 0 Å². The third-order valence-electron chi connectivity index (χ3n) is 0.667. The molecule has 0 aliphatic rings. The van der Waals surface area contributed by atoms with Crippen molar-refractivity contribution < 1.29 is 4.55 Å². The number of rotatable bonds is 0. The maximum absolute atomic E-state index is 9.09. The highest BCUT2D eigenvalue weighted by Crippen LogP contribution is 1.98. The largest absolute Gasteiger partial charge is 0.582 e. The lowest BCUT2D eigenvalue weighted by atomic mass is 10.4.